The molecule has 0 radical (unpaired) electrons. The summed E-state index contributed by atoms with van der Waals surface area (Å²) in [5, 5.41) is 17.3. The van der Waals surface area contributed by atoms with Gasteiger partial charge < -0.3 is 15.7 Å². The molecule has 0 spiro atoms. The van der Waals surface area contributed by atoms with Crippen LogP contribution in [0, 0.1) is 0 Å². The van der Waals surface area contributed by atoms with Gasteiger partial charge in [-0.3, -0.25) is 4.79 Å². The molecule has 1 fully saturated rings. The molecule has 3 N–H and O–H groups in total. The summed E-state index contributed by atoms with van der Waals surface area (Å²) in [5.41, 5.74) is 1.49. The van der Waals surface area contributed by atoms with E-state index in [0.717, 1.165) is 42.4 Å². The number of carbonyl (C=O) groups is 1. The lowest BCUT2D eigenvalue weighted by Gasteiger charge is -2.30. The first-order valence-electron chi connectivity index (χ1n) is 9.39. The van der Waals surface area contributed by atoms with Gasteiger partial charge in [0.1, 0.15) is 11.6 Å². The van der Waals surface area contributed by atoms with Crippen LogP contribution in [0.25, 0.3) is 10.9 Å². The molecule has 1 aliphatic rings. The highest BCUT2D eigenvalue weighted by Crippen LogP contribution is 2.23. The minimum absolute atomic E-state index is 0.110. The Kier molecular flexibility index (Phi) is 4.92. The minimum atomic E-state index is -0.126. The molecule has 3 aromatic rings. The number of rotatable bonds is 4. The Morgan fingerprint density at radius 3 is 2.52 bits per heavy atom. The average Bonchev–Trinajstić information content (AvgIpc) is 2.69. The van der Waals surface area contributed by atoms with Gasteiger partial charge in [0.15, 0.2) is 0 Å². The van der Waals surface area contributed by atoms with E-state index in [1.807, 2.05) is 24.3 Å². The van der Waals surface area contributed by atoms with Crippen LogP contribution in [0.3, 0.4) is 0 Å². The Morgan fingerprint density at radius 2 is 1.70 bits per heavy atom. The number of nitrogens with zero attached hydrogens (tertiary/aromatic N) is 1. The second kappa shape index (κ2) is 7.66. The molecular formula is C22H23N3O2. The van der Waals surface area contributed by atoms with Crippen LogP contribution in [0.4, 0.5) is 5.82 Å². The summed E-state index contributed by atoms with van der Waals surface area (Å²) >= 11 is 0. The lowest BCUT2D eigenvalue weighted by atomic mass is 9.91. The first-order chi connectivity index (χ1) is 13.2. The van der Waals surface area contributed by atoms with Crippen molar-refractivity contribution in [1.29, 1.82) is 0 Å². The number of benzene rings is 2. The van der Waals surface area contributed by atoms with E-state index in [2.05, 4.69) is 27.8 Å². The third-order valence-electron chi connectivity index (χ3n) is 5.12. The summed E-state index contributed by atoms with van der Waals surface area (Å²) in [6.07, 6.45) is 3.82. The zero-order valence-corrected chi connectivity index (χ0v) is 15.1. The molecular weight excluding hydrogens is 338 g/mol. The van der Waals surface area contributed by atoms with Crippen LogP contribution in [-0.4, -0.2) is 28.1 Å². The number of hydrogen-bond donors (Lipinski definition) is 3. The third kappa shape index (κ3) is 4.19. The van der Waals surface area contributed by atoms with Crippen LogP contribution in [0.2, 0.25) is 0 Å². The molecule has 4 rings (SSSR count). The summed E-state index contributed by atoms with van der Waals surface area (Å²) in [4.78, 5) is 17.0. The van der Waals surface area contributed by atoms with Crippen LogP contribution in [0.1, 0.15) is 36.0 Å². The number of amides is 1. The highest BCUT2D eigenvalue weighted by atomic mass is 16.3. The summed E-state index contributed by atoms with van der Waals surface area (Å²) in [6.45, 7) is 0. The number of nitrogens with one attached hydrogen (secondary N) is 2. The summed E-state index contributed by atoms with van der Waals surface area (Å²) in [6, 6.07) is 19.2. The maximum atomic E-state index is 12.3. The lowest BCUT2D eigenvalue weighted by molar-refractivity contribution is 0.0926. The van der Waals surface area contributed by atoms with E-state index in [1.54, 1.807) is 18.2 Å². The predicted molar refractivity (Wildman–Crippen MR) is 107 cm³/mol. The Labute approximate surface area is 158 Å². The van der Waals surface area contributed by atoms with Gasteiger partial charge in [-0.25, -0.2) is 4.98 Å². The zero-order chi connectivity index (χ0) is 18.6. The number of fused-ring (bicyclic) bond motifs is 1. The summed E-state index contributed by atoms with van der Waals surface area (Å²) in [5.74, 6) is 0.887. The van der Waals surface area contributed by atoms with Gasteiger partial charge in [0.25, 0.3) is 5.91 Å². The maximum absolute atomic E-state index is 12.3. The SMILES string of the molecule is O=C(N[C@H]1CC[C@@H](Nc2ccc3ccccc3n2)CC1)c1cccc(O)c1. The van der Waals surface area contributed by atoms with Crippen molar-refractivity contribution in [3.05, 3.63) is 66.2 Å². The van der Waals surface area contributed by atoms with Crippen molar-refractivity contribution >= 4 is 22.6 Å². The summed E-state index contributed by atoms with van der Waals surface area (Å²) < 4.78 is 0. The molecule has 1 heterocycles. The molecule has 0 unspecified atom stereocenters. The lowest BCUT2D eigenvalue weighted by Crippen LogP contribution is -2.40. The Morgan fingerprint density at radius 1 is 0.926 bits per heavy atom. The normalized spacial score (nSPS) is 19.6. The molecule has 5 nitrogen and oxygen atoms in total. The van der Waals surface area contributed by atoms with E-state index in [1.165, 1.54) is 6.07 Å². The van der Waals surface area contributed by atoms with Crippen LogP contribution >= 0.6 is 0 Å². The zero-order valence-electron chi connectivity index (χ0n) is 15.1. The van der Waals surface area contributed by atoms with Crippen molar-refractivity contribution in [3.8, 4) is 5.75 Å². The standard InChI is InChI=1S/C22H23N3O2/c26-19-6-3-5-16(14-19)22(27)24-18-11-9-17(10-12-18)23-21-13-8-15-4-1-2-7-20(15)25-21/h1-8,13-14,17-18,26H,9-12H2,(H,23,25)(H,24,27)/t17-,18+. The van der Waals surface area contributed by atoms with Gasteiger partial charge in [0.2, 0.25) is 0 Å². The Hall–Kier alpha value is -3.08. The molecule has 0 aliphatic heterocycles. The fourth-order valence-corrected chi connectivity index (χ4v) is 3.65. The van der Waals surface area contributed by atoms with Crippen molar-refractivity contribution < 1.29 is 9.90 Å². The monoisotopic (exact) mass is 361 g/mol. The van der Waals surface area contributed by atoms with Gasteiger partial charge in [-0.1, -0.05) is 24.3 Å². The van der Waals surface area contributed by atoms with Crippen LogP contribution in [0.15, 0.2) is 60.7 Å². The van der Waals surface area contributed by atoms with Crippen molar-refractivity contribution in [1.82, 2.24) is 10.3 Å². The van der Waals surface area contributed by atoms with Gasteiger partial charge in [-0.05, 0) is 62.1 Å². The van der Waals surface area contributed by atoms with Gasteiger partial charge in [-0.2, -0.15) is 0 Å². The quantitative estimate of drug-likeness (QED) is 0.654. The van der Waals surface area contributed by atoms with Gasteiger partial charge in [-0.15, -0.1) is 0 Å². The fourth-order valence-electron chi connectivity index (χ4n) is 3.65. The molecule has 0 atom stereocenters. The van der Waals surface area contributed by atoms with Gasteiger partial charge >= 0.3 is 0 Å². The first-order valence-corrected chi connectivity index (χ1v) is 9.39. The van der Waals surface area contributed by atoms with Crippen LogP contribution in [-0.2, 0) is 0 Å². The average molecular weight is 361 g/mol. The van der Waals surface area contributed by atoms with Gasteiger partial charge in [0.05, 0.1) is 5.52 Å². The molecule has 1 aromatic heterocycles. The van der Waals surface area contributed by atoms with Crippen molar-refractivity contribution in [3.63, 3.8) is 0 Å². The summed E-state index contributed by atoms with van der Waals surface area (Å²) in [7, 11) is 0. The number of carbonyl (C=O) groups excluding carboxylic acids is 1. The number of phenols is 1. The maximum Gasteiger partial charge on any atom is 0.251 e. The third-order valence-corrected chi connectivity index (χ3v) is 5.12. The largest absolute Gasteiger partial charge is 0.508 e. The number of aromatic nitrogens is 1. The van der Waals surface area contributed by atoms with Gasteiger partial charge in [0, 0.05) is 23.0 Å². The van der Waals surface area contributed by atoms with E-state index < -0.39 is 0 Å². The number of pyridine rings is 1. The van der Waals surface area contributed by atoms with E-state index >= 15 is 0 Å². The highest BCUT2D eigenvalue weighted by Gasteiger charge is 2.23. The van der Waals surface area contributed by atoms with Crippen molar-refractivity contribution in [2.45, 2.75) is 37.8 Å². The van der Waals surface area contributed by atoms with E-state index in [4.69, 9.17) is 0 Å². The van der Waals surface area contributed by atoms with E-state index in [0.29, 0.717) is 11.6 Å². The number of aromatic hydroxyl groups is 1. The van der Waals surface area contributed by atoms with Crippen molar-refractivity contribution in [2.75, 3.05) is 5.32 Å². The second-order valence-electron chi connectivity index (χ2n) is 7.11. The number of para-hydroxylation sites is 1. The Balaban J connectivity index is 1.31. The molecule has 2 aromatic carbocycles. The first kappa shape index (κ1) is 17.3. The van der Waals surface area contributed by atoms with E-state index in [9.17, 15) is 9.90 Å². The molecule has 138 valence electrons. The van der Waals surface area contributed by atoms with Crippen LogP contribution < -0.4 is 10.6 Å². The Bertz CT molecular complexity index is 949. The molecule has 0 bridgehead atoms. The van der Waals surface area contributed by atoms with Crippen LogP contribution in [0.5, 0.6) is 5.75 Å². The minimum Gasteiger partial charge on any atom is -0.508 e. The number of anilines is 1. The van der Waals surface area contributed by atoms with Crippen molar-refractivity contribution in [2.24, 2.45) is 0 Å². The molecule has 1 aliphatic carbocycles. The number of phenolic OH excluding ortho intramolecular Hbond substituents is 1. The molecule has 27 heavy (non-hydrogen) atoms. The second-order valence-corrected chi connectivity index (χ2v) is 7.11. The molecule has 5 heteroatoms. The molecule has 1 saturated carbocycles. The molecule has 0 saturated heterocycles. The number of hydrogen-bond acceptors (Lipinski definition) is 4. The highest BCUT2D eigenvalue weighted by molar-refractivity contribution is 5.94. The topological polar surface area (TPSA) is 74.2 Å². The van der Waals surface area contributed by atoms with E-state index in [-0.39, 0.29) is 17.7 Å². The predicted octanol–water partition coefficient (Wildman–Crippen LogP) is 4.09. The smallest absolute Gasteiger partial charge is 0.251 e. The fraction of sp³-hybridized carbons (Fsp3) is 0.273. The molecule has 1 amide bonds.